The summed E-state index contributed by atoms with van der Waals surface area (Å²) in [4.78, 5) is 12.0. The van der Waals surface area contributed by atoms with Crippen LogP contribution in [0.25, 0.3) is 0 Å². The van der Waals surface area contributed by atoms with Crippen molar-refractivity contribution in [2.75, 3.05) is 0 Å². The Morgan fingerprint density at radius 3 is 1.27 bits per heavy atom. The first kappa shape index (κ1) is 11.2. The molecule has 1 radical (unpaired) electrons. The molecule has 11 heavy (non-hydrogen) atoms. The monoisotopic (exact) mass is 173 g/mol. The Balaban J connectivity index is 3.79. The van der Waals surface area contributed by atoms with E-state index in [1.807, 2.05) is 0 Å². The predicted molar refractivity (Wildman–Crippen MR) is 51.7 cm³/mol. The zero-order chi connectivity index (χ0) is 8.74. The fourth-order valence-electron chi connectivity index (χ4n) is 1.74. The molecule has 0 unspecified atom stereocenters. The van der Waals surface area contributed by atoms with Crippen LogP contribution in [-0.4, -0.2) is 8.32 Å². The molecule has 0 fully saturated rings. The van der Waals surface area contributed by atoms with E-state index < -0.39 is 8.32 Å². The number of hydrogen-bond donors (Lipinski definition) is 0. The van der Waals surface area contributed by atoms with Crippen LogP contribution in [0.4, 0.5) is 0 Å². The van der Waals surface area contributed by atoms with Gasteiger partial charge >= 0.3 is 0 Å². The second-order valence-electron chi connectivity index (χ2n) is 3.43. The highest BCUT2D eigenvalue weighted by atomic mass is 28.4. The first-order valence-electron chi connectivity index (χ1n) is 4.89. The van der Waals surface area contributed by atoms with E-state index in [-0.39, 0.29) is 0 Å². The molecule has 1 nitrogen and oxygen atoms in total. The van der Waals surface area contributed by atoms with Gasteiger partial charge in [-0.15, -0.1) is 0 Å². The first-order valence-corrected chi connectivity index (χ1v) is 7.42. The Bertz CT molecular complexity index is 76.5. The van der Waals surface area contributed by atoms with E-state index >= 15 is 0 Å². The maximum Gasteiger partial charge on any atom is 0.237 e. The van der Waals surface area contributed by atoms with Crippen LogP contribution < -0.4 is 0 Å². The van der Waals surface area contributed by atoms with E-state index in [4.69, 9.17) is 0 Å². The molecule has 0 saturated carbocycles. The zero-order valence-corrected chi connectivity index (χ0v) is 9.15. The van der Waals surface area contributed by atoms with Crippen molar-refractivity contribution in [3.05, 3.63) is 0 Å². The summed E-state index contributed by atoms with van der Waals surface area (Å²) < 4.78 is 0. The van der Waals surface area contributed by atoms with Crippen LogP contribution in [0.15, 0.2) is 0 Å². The van der Waals surface area contributed by atoms with Gasteiger partial charge in [-0.25, -0.2) is 0 Å². The average molecular weight is 173 g/mol. The van der Waals surface area contributed by atoms with Gasteiger partial charge in [0.2, 0.25) is 8.32 Å². The summed E-state index contributed by atoms with van der Waals surface area (Å²) in [6.45, 7) is 6.39. The highest BCUT2D eigenvalue weighted by molar-refractivity contribution is 6.72. The summed E-state index contributed by atoms with van der Waals surface area (Å²) >= 11 is 0. The summed E-state index contributed by atoms with van der Waals surface area (Å²) in [7, 11) is -2.00. The smallest absolute Gasteiger partial charge is 0.237 e. The molecular weight excluding hydrogens is 152 g/mol. The molecule has 0 aromatic heterocycles. The molecule has 0 rings (SSSR count). The molecule has 2 heteroatoms. The van der Waals surface area contributed by atoms with Crippen molar-refractivity contribution in [2.24, 2.45) is 0 Å². The maximum absolute atomic E-state index is 12.0. The molecule has 67 valence electrons. The molecule has 0 atom stereocenters. The normalized spacial score (nSPS) is 12.0. The molecule has 0 amide bonds. The Labute approximate surface area is 72.0 Å². The van der Waals surface area contributed by atoms with Gasteiger partial charge in [-0.3, -0.25) is 4.80 Å². The van der Waals surface area contributed by atoms with E-state index in [2.05, 4.69) is 20.8 Å². The largest absolute Gasteiger partial charge is 0.297 e. The molecule has 0 heterocycles. The Morgan fingerprint density at radius 2 is 1.09 bits per heavy atom. The van der Waals surface area contributed by atoms with E-state index in [0.29, 0.717) is 0 Å². The van der Waals surface area contributed by atoms with Crippen molar-refractivity contribution in [3.63, 3.8) is 0 Å². The molecule has 0 bridgehead atoms. The van der Waals surface area contributed by atoms with Gasteiger partial charge in [-0.2, -0.15) is 0 Å². The fraction of sp³-hybridized carbons (Fsp3) is 1.00. The molecule has 0 N–H and O–H groups in total. The van der Waals surface area contributed by atoms with Gasteiger partial charge in [0.25, 0.3) is 0 Å². The highest BCUT2D eigenvalue weighted by Gasteiger charge is 2.29. The fourth-order valence-corrected chi connectivity index (χ4v) is 5.23. The van der Waals surface area contributed by atoms with Crippen LogP contribution in [0.2, 0.25) is 18.1 Å². The van der Waals surface area contributed by atoms with Crippen LogP contribution >= 0.6 is 0 Å². The summed E-state index contributed by atoms with van der Waals surface area (Å²) in [5, 5.41) is 0. The summed E-state index contributed by atoms with van der Waals surface area (Å²) in [6.07, 6.45) is 3.28. The van der Waals surface area contributed by atoms with Crippen LogP contribution in [0.5, 0.6) is 0 Å². The molecular formula is C9H21OSi. The molecule has 0 aliphatic heterocycles. The van der Waals surface area contributed by atoms with E-state index in [0.717, 1.165) is 37.4 Å². The SMILES string of the molecule is CCC[Si]([O])(CCC)CCC. The molecule has 0 saturated heterocycles. The second-order valence-corrected chi connectivity index (χ2v) is 7.30. The van der Waals surface area contributed by atoms with Crippen LogP contribution in [0, 0.1) is 0 Å². The van der Waals surface area contributed by atoms with E-state index in [9.17, 15) is 4.80 Å². The topological polar surface area (TPSA) is 19.9 Å². The van der Waals surface area contributed by atoms with E-state index in [1.165, 1.54) is 0 Å². The van der Waals surface area contributed by atoms with Gasteiger partial charge in [0.05, 0.1) is 0 Å². The Kier molecular flexibility index (Phi) is 5.87. The lowest BCUT2D eigenvalue weighted by atomic mass is 10.6. The van der Waals surface area contributed by atoms with Crippen molar-refractivity contribution in [1.29, 1.82) is 0 Å². The molecule has 0 aliphatic rings. The Morgan fingerprint density at radius 1 is 0.818 bits per heavy atom. The zero-order valence-electron chi connectivity index (χ0n) is 8.15. The van der Waals surface area contributed by atoms with Gasteiger partial charge in [0.1, 0.15) is 0 Å². The standard InChI is InChI=1S/C9H21OSi/c1-4-7-11(10,8-5-2)9-6-3/h4-9H2,1-3H3. The predicted octanol–water partition coefficient (Wildman–Crippen LogP) is 3.59. The lowest BCUT2D eigenvalue weighted by Gasteiger charge is -2.20. The van der Waals surface area contributed by atoms with Gasteiger partial charge in [-0.1, -0.05) is 40.0 Å². The molecule has 0 spiro atoms. The van der Waals surface area contributed by atoms with Crippen molar-refractivity contribution < 1.29 is 4.80 Å². The molecule has 0 aromatic rings. The van der Waals surface area contributed by atoms with E-state index in [1.54, 1.807) is 0 Å². The minimum atomic E-state index is -2.00. The third-order valence-electron chi connectivity index (χ3n) is 2.12. The number of rotatable bonds is 6. The van der Waals surface area contributed by atoms with Crippen molar-refractivity contribution in [3.8, 4) is 0 Å². The van der Waals surface area contributed by atoms with Gasteiger partial charge in [0.15, 0.2) is 0 Å². The van der Waals surface area contributed by atoms with Crippen molar-refractivity contribution in [1.82, 2.24) is 0 Å². The minimum absolute atomic E-state index is 0.995. The second kappa shape index (κ2) is 5.78. The van der Waals surface area contributed by atoms with Crippen LogP contribution in [-0.2, 0) is 4.80 Å². The maximum atomic E-state index is 12.0. The average Bonchev–Trinajstić information content (AvgIpc) is 1.88. The van der Waals surface area contributed by atoms with Gasteiger partial charge < -0.3 is 0 Å². The minimum Gasteiger partial charge on any atom is -0.297 e. The molecule has 0 aliphatic carbocycles. The molecule has 0 aromatic carbocycles. The lowest BCUT2D eigenvalue weighted by Crippen LogP contribution is -2.31. The van der Waals surface area contributed by atoms with Crippen LogP contribution in [0.1, 0.15) is 40.0 Å². The quantitative estimate of drug-likeness (QED) is 0.547. The number of hydrogen-bond acceptors (Lipinski definition) is 0. The summed E-state index contributed by atoms with van der Waals surface area (Å²) in [6, 6.07) is 2.98. The van der Waals surface area contributed by atoms with Gasteiger partial charge in [0, 0.05) is 0 Å². The first-order chi connectivity index (χ1) is 5.18. The third-order valence-corrected chi connectivity index (χ3v) is 6.35. The summed E-state index contributed by atoms with van der Waals surface area (Å²) in [5.74, 6) is 0. The Hall–Kier alpha value is 0.177. The van der Waals surface area contributed by atoms with Crippen molar-refractivity contribution in [2.45, 2.75) is 58.2 Å². The highest BCUT2D eigenvalue weighted by Crippen LogP contribution is 2.23. The summed E-state index contributed by atoms with van der Waals surface area (Å²) in [5.41, 5.74) is 0. The lowest BCUT2D eigenvalue weighted by molar-refractivity contribution is 0.406. The third kappa shape index (κ3) is 4.59. The van der Waals surface area contributed by atoms with Crippen molar-refractivity contribution >= 4 is 8.32 Å². The van der Waals surface area contributed by atoms with Crippen LogP contribution in [0.3, 0.4) is 0 Å². The van der Waals surface area contributed by atoms with Gasteiger partial charge in [-0.05, 0) is 18.1 Å².